The van der Waals surface area contributed by atoms with Gasteiger partial charge in [-0.3, -0.25) is 4.72 Å². The number of hydrogen-bond donors (Lipinski definition) is 1. The van der Waals surface area contributed by atoms with Gasteiger partial charge in [-0.05, 0) is 62.5 Å². The van der Waals surface area contributed by atoms with Crippen molar-refractivity contribution in [3.63, 3.8) is 0 Å². The first kappa shape index (κ1) is 23.6. The summed E-state index contributed by atoms with van der Waals surface area (Å²) < 4.78 is 30.9. The van der Waals surface area contributed by atoms with Crippen molar-refractivity contribution in [2.75, 3.05) is 36.8 Å². The standard InChI is InChI=1S/C25H27ClN6O2S/c1-30(2)19-9-12-32(15-19)23-13-17(7-10-27-23)21-16-31(3)25-24(21)22(8-11-28-25)29-35(33,34)20-6-4-5-18(26)14-20/h4-8,10-11,13-14,16,19H,9,12,15H2,1-3H3,(H,28,29). The highest BCUT2D eigenvalue weighted by atomic mass is 35.5. The molecule has 4 aromatic rings. The van der Waals surface area contributed by atoms with Gasteiger partial charge in [-0.1, -0.05) is 17.7 Å². The predicted molar refractivity (Wildman–Crippen MR) is 141 cm³/mol. The van der Waals surface area contributed by atoms with Gasteiger partial charge in [-0.2, -0.15) is 0 Å². The van der Waals surface area contributed by atoms with Crippen LogP contribution in [0.3, 0.4) is 0 Å². The molecule has 0 aliphatic carbocycles. The monoisotopic (exact) mass is 510 g/mol. The fraction of sp³-hybridized carbons (Fsp3) is 0.280. The van der Waals surface area contributed by atoms with Gasteiger partial charge in [0.15, 0.2) is 0 Å². The number of nitrogens with one attached hydrogen (secondary N) is 1. The summed E-state index contributed by atoms with van der Waals surface area (Å²) in [5.74, 6) is 0.911. The Hall–Kier alpha value is -3.14. The Balaban J connectivity index is 1.56. The SMILES string of the molecule is CN(C)C1CCN(c2cc(-c3cn(C)c4nccc(NS(=O)(=O)c5cccc(Cl)c5)c34)ccn2)C1. The molecule has 4 heterocycles. The van der Waals surface area contributed by atoms with E-state index >= 15 is 0 Å². The molecule has 1 N–H and O–H groups in total. The molecule has 1 saturated heterocycles. The van der Waals surface area contributed by atoms with E-state index in [1.807, 2.05) is 23.9 Å². The number of sulfonamides is 1. The lowest BCUT2D eigenvalue weighted by Crippen LogP contribution is -2.31. The van der Waals surface area contributed by atoms with Gasteiger partial charge < -0.3 is 14.4 Å². The maximum atomic E-state index is 13.1. The van der Waals surface area contributed by atoms with E-state index in [9.17, 15) is 8.42 Å². The third kappa shape index (κ3) is 4.59. The molecule has 0 saturated carbocycles. The number of hydrogen-bond acceptors (Lipinski definition) is 6. The third-order valence-electron chi connectivity index (χ3n) is 6.48. The summed E-state index contributed by atoms with van der Waals surface area (Å²) in [6, 6.07) is 12.4. The lowest BCUT2D eigenvalue weighted by Gasteiger charge is -2.21. The maximum absolute atomic E-state index is 13.1. The van der Waals surface area contributed by atoms with Gasteiger partial charge in [0.05, 0.1) is 16.0 Å². The number of anilines is 2. The summed E-state index contributed by atoms with van der Waals surface area (Å²) >= 11 is 6.03. The van der Waals surface area contributed by atoms with Crippen molar-refractivity contribution >= 4 is 44.2 Å². The van der Waals surface area contributed by atoms with Crippen molar-refractivity contribution in [1.82, 2.24) is 19.4 Å². The van der Waals surface area contributed by atoms with Gasteiger partial charge in [-0.25, -0.2) is 18.4 Å². The highest BCUT2D eigenvalue weighted by Gasteiger charge is 2.26. The van der Waals surface area contributed by atoms with Crippen molar-refractivity contribution < 1.29 is 8.42 Å². The van der Waals surface area contributed by atoms with Crippen molar-refractivity contribution in [1.29, 1.82) is 0 Å². The average molecular weight is 511 g/mol. The van der Waals surface area contributed by atoms with E-state index in [-0.39, 0.29) is 4.90 Å². The fourth-order valence-electron chi connectivity index (χ4n) is 4.58. The highest BCUT2D eigenvalue weighted by molar-refractivity contribution is 7.92. The maximum Gasteiger partial charge on any atom is 0.261 e. The molecule has 182 valence electrons. The molecule has 0 amide bonds. The van der Waals surface area contributed by atoms with E-state index in [2.05, 4.69) is 44.7 Å². The molecular formula is C25H27ClN6O2S. The Morgan fingerprint density at radius 1 is 1.11 bits per heavy atom. The van der Waals surface area contributed by atoms with Crippen LogP contribution >= 0.6 is 11.6 Å². The minimum Gasteiger partial charge on any atom is -0.355 e. The van der Waals surface area contributed by atoms with E-state index in [0.717, 1.165) is 41.8 Å². The second-order valence-corrected chi connectivity index (χ2v) is 11.1. The number of likely N-dealkylation sites (N-methyl/N-ethyl adjacent to an activating group) is 1. The normalized spacial score (nSPS) is 16.4. The van der Waals surface area contributed by atoms with Crippen LogP contribution in [-0.4, -0.2) is 61.1 Å². The van der Waals surface area contributed by atoms with Gasteiger partial charge in [0, 0.05) is 55.4 Å². The summed E-state index contributed by atoms with van der Waals surface area (Å²) in [7, 11) is 2.26. The molecule has 1 aliphatic heterocycles. The first-order chi connectivity index (χ1) is 16.7. The number of halogens is 1. The zero-order valence-corrected chi connectivity index (χ0v) is 21.4. The number of rotatable bonds is 6. The van der Waals surface area contributed by atoms with Crippen LogP contribution in [0.1, 0.15) is 6.42 Å². The summed E-state index contributed by atoms with van der Waals surface area (Å²) in [6.07, 6.45) is 6.47. The molecule has 0 bridgehead atoms. The molecule has 1 unspecified atom stereocenters. The van der Waals surface area contributed by atoms with Gasteiger partial charge in [0.2, 0.25) is 0 Å². The highest BCUT2D eigenvalue weighted by Crippen LogP contribution is 2.36. The number of aryl methyl sites for hydroxylation is 1. The number of fused-ring (bicyclic) bond motifs is 1. The van der Waals surface area contributed by atoms with Crippen LogP contribution in [-0.2, 0) is 17.1 Å². The molecular weight excluding hydrogens is 484 g/mol. The zero-order valence-electron chi connectivity index (χ0n) is 19.8. The molecule has 1 fully saturated rings. The summed E-state index contributed by atoms with van der Waals surface area (Å²) in [4.78, 5) is 13.8. The molecule has 0 spiro atoms. The minimum absolute atomic E-state index is 0.100. The summed E-state index contributed by atoms with van der Waals surface area (Å²) in [5.41, 5.74) is 2.97. The Morgan fingerprint density at radius 3 is 2.66 bits per heavy atom. The number of benzene rings is 1. The van der Waals surface area contributed by atoms with Crippen LogP contribution in [0.15, 0.2) is 66.0 Å². The van der Waals surface area contributed by atoms with Crippen molar-refractivity contribution in [2.24, 2.45) is 7.05 Å². The Kier molecular flexibility index (Phi) is 6.16. The third-order valence-corrected chi connectivity index (χ3v) is 8.08. The summed E-state index contributed by atoms with van der Waals surface area (Å²) in [6.45, 7) is 1.87. The molecule has 35 heavy (non-hydrogen) atoms. The first-order valence-corrected chi connectivity index (χ1v) is 13.2. The van der Waals surface area contributed by atoms with Crippen molar-refractivity contribution in [2.45, 2.75) is 17.4 Å². The quantitative estimate of drug-likeness (QED) is 0.418. The minimum atomic E-state index is -3.85. The Bertz CT molecular complexity index is 1500. The van der Waals surface area contributed by atoms with E-state index in [1.165, 1.54) is 12.1 Å². The molecule has 8 nitrogen and oxygen atoms in total. The van der Waals surface area contributed by atoms with Crippen LogP contribution in [0.25, 0.3) is 22.2 Å². The average Bonchev–Trinajstić information content (AvgIpc) is 3.45. The second kappa shape index (κ2) is 9.14. The molecule has 0 radical (unpaired) electrons. The van der Waals surface area contributed by atoms with Crippen LogP contribution < -0.4 is 9.62 Å². The summed E-state index contributed by atoms with van der Waals surface area (Å²) in [5, 5.41) is 1.08. The van der Waals surface area contributed by atoms with E-state index < -0.39 is 10.0 Å². The van der Waals surface area contributed by atoms with Crippen molar-refractivity contribution in [3.05, 3.63) is 66.1 Å². The van der Waals surface area contributed by atoms with Gasteiger partial charge in [0.25, 0.3) is 10.0 Å². The van der Waals surface area contributed by atoms with Gasteiger partial charge >= 0.3 is 0 Å². The van der Waals surface area contributed by atoms with Gasteiger partial charge in [0.1, 0.15) is 11.5 Å². The van der Waals surface area contributed by atoms with Crippen LogP contribution in [0.4, 0.5) is 11.5 Å². The molecule has 1 atom stereocenters. The van der Waals surface area contributed by atoms with Crippen LogP contribution in [0.2, 0.25) is 5.02 Å². The predicted octanol–water partition coefficient (Wildman–Crippen LogP) is 4.23. The molecule has 10 heteroatoms. The zero-order chi connectivity index (χ0) is 24.7. The topological polar surface area (TPSA) is 83.4 Å². The first-order valence-electron chi connectivity index (χ1n) is 11.3. The molecule has 5 rings (SSSR count). The smallest absolute Gasteiger partial charge is 0.261 e. The number of nitrogens with zero attached hydrogens (tertiary/aromatic N) is 5. The molecule has 1 aromatic carbocycles. The lowest BCUT2D eigenvalue weighted by molar-refractivity contribution is 0.315. The second-order valence-electron chi connectivity index (χ2n) is 9.03. The van der Waals surface area contributed by atoms with Crippen molar-refractivity contribution in [3.8, 4) is 11.1 Å². The Morgan fingerprint density at radius 2 is 1.91 bits per heavy atom. The number of aromatic nitrogens is 3. The lowest BCUT2D eigenvalue weighted by atomic mass is 10.1. The van der Waals surface area contributed by atoms with Crippen LogP contribution in [0.5, 0.6) is 0 Å². The van der Waals surface area contributed by atoms with E-state index in [0.29, 0.717) is 22.4 Å². The molecule has 1 aliphatic rings. The number of pyridine rings is 2. The fourth-order valence-corrected chi connectivity index (χ4v) is 5.95. The van der Waals surface area contributed by atoms with Gasteiger partial charge in [-0.15, -0.1) is 0 Å². The van der Waals surface area contributed by atoms with E-state index in [4.69, 9.17) is 11.6 Å². The largest absolute Gasteiger partial charge is 0.355 e. The Labute approximate surface area is 210 Å². The van der Waals surface area contributed by atoms with Crippen LogP contribution in [0, 0.1) is 0 Å². The van der Waals surface area contributed by atoms with E-state index in [1.54, 1.807) is 30.6 Å². The molecule has 3 aromatic heterocycles.